The third-order valence-electron chi connectivity index (χ3n) is 4.30. The first-order valence-corrected chi connectivity index (χ1v) is 9.03. The highest BCUT2D eigenvalue weighted by atomic mass is 32.2. The van der Waals surface area contributed by atoms with Gasteiger partial charge >= 0.3 is 0 Å². The molecule has 4 nitrogen and oxygen atoms in total. The van der Waals surface area contributed by atoms with Crippen LogP contribution in [0.2, 0.25) is 0 Å². The lowest BCUT2D eigenvalue weighted by Gasteiger charge is -2.36. The minimum absolute atomic E-state index is 0.00924. The number of sulfonamides is 1. The van der Waals surface area contributed by atoms with Crippen molar-refractivity contribution in [3.05, 3.63) is 35.6 Å². The van der Waals surface area contributed by atoms with Crippen LogP contribution in [0.4, 0.5) is 4.39 Å². The highest BCUT2D eigenvalue weighted by Crippen LogP contribution is 2.31. The first-order chi connectivity index (χ1) is 10.1. The highest BCUT2D eigenvalue weighted by molar-refractivity contribution is 7.89. The second-order valence-corrected chi connectivity index (χ2v) is 7.79. The molecular weight excluding hydrogens is 293 g/mol. The van der Waals surface area contributed by atoms with E-state index in [1.54, 1.807) is 16.4 Å². The zero-order chi connectivity index (χ0) is 14.9. The van der Waals surface area contributed by atoms with Gasteiger partial charge in [0.1, 0.15) is 5.82 Å². The Morgan fingerprint density at radius 2 is 2.10 bits per heavy atom. The summed E-state index contributed by atoms with van der Waals surface area (Å²) in [6.45, 7) is 0.480. The van der Waals surface area contributed by atoms with Gasteiger partial charge in [0.25, 0.3) is 0 Å². The van der Waals surface area contributed by atoms with Crippen molar-refractivity contribution in [3.63, 3.8) is 0 Å². The van der Waals surface area contributed by atoms with E-state index in [0.29, 0.717) is 5.56 Å². The lowest BCUT2D eigenvalue weighted by Crippen LogP contribution is -2.47. The molecule has 3 rings (SSSR count). The van der Waals surface area contributed by atoms with E-state index in [2.05, 4.69) is 0 Å². The van der Waals surface area contributed by atoms with Crippen LogP contribution in [-0.2, 0) is 21.3 Å². The van der Waals surface area contributed by atoms with E-state index < -0.39 is 10.0 Å². The van der Waals surface area contributed by atoms with Crippen LogP contribution in [0.1, 0.15) is 31.2 Å². The molecule has 0 radical (unpaired) electrons. The monoisotopic (exact) mass is 313 g/mol. The first kappa shape index (κ1) is 14.9. The lowest BCUT2D eigenvalue weighted by atomic mass is 9.92. The topological polar surface area (TPSA) is 46.6 Å². The van der Waals surface area contributed by atoms with Gasteiger partial charge in [0.05, 0.1) is 24.5 Å². The fourth-order valence-corrected chi connectivity index (χ4v) is 4.80. The second kappa shape index (κ2) is 6.02. The molecule has 2 atom stereocenters. The molecule has 1 aliphatic heterocycles. The molecule has 0 bridgehead atoms. The van der Waals surface area contributed by atoms with Crippen molar-refractivity contribution >= 4 is 10.0 Å². The van der Waals surface area contributed by atoms with Crippen LogP contribution in [0, 0.1) is 5.82 Å². The van der Waals surface area contributed by atoms with E-state index in [9.17, 15) is 12.8 Å². The number of fused-ring (bicyclic) bond motifs is 1. The van der Waals surface area contributed by atoms with E-state index in [-0.39, 0.29) is 36.9 Å². The van der Waals surface area contributed by atoms with Crippen molar-refractivity contribution in [1.29, 1.82) is 0 Å². The Balaban J connectivity index is 1.90. The van der Waals surface area contributed by atoms with Gasteiger partial charge in [0.2, 0.25) is 10.0 Å². The van der Waals surface area contributed by atoms with Crippen molar-refractivity contribution in [2.75, 3.05) is 12.4 Å². The highest BCUT2D eigenvalue weighted by Gasteiger charge is 2.39. The SMILES string of the molecule is O=S1(=O)CCO[C@H]2CCCC[C@@H]2N1Cc1cccc(F)c1. The van der Waals surface area contributed by atoms with Gasteiger partial charge < -0.3 is 4.74 Å². The predicted molar refractivity (Wildman–Crippen MR) is 77.7 cm³/mol. The zero-order valence-electron chi connectivity index (χ0n) is 11.9. The molecule has 0 amide bonds. The van der Waals surface area contributed by atoms with Crippen molar-refractivity contribution < 1.29 is 17.5 Å². The van der Waals surface area contributed by atoms with Crippen LogP contribution >= 0.6 is 0 Å². The molecule has 2 fully saturated rings. The molecule has 0 spiro atoms. The molecule has 0 N–H and O–H groups in total. The van der Waals surface area contributed by atoms with Crippen LogP contribution in [0.15, 0.2) is 24.3 Å². The minimum Gasteiger partial charge on any atom is -0.375 e. The summed E-state index contributed by atoms with van der Waals surface area (Å²) in [6, 6.07) is 6.03. The minimum atomic E-state index is -3.36. The first-order valence-electron chi connectivity index (χ1n) is 7.42. The molecule has 1 aromatic carbocycles. The number of benzene rings is 1. The van der Waals surface area contributed by atoms with E-state index in [0.717, 1.165) is 25.7 Å². The summed E-state index contributed by atoms with van der Waals surface area (Å²) in [7, 11) is -3.36. The molecule has 1 saturated carbocycles. The predicted octanol–water partition coefficient (Wildman–Crippen LogP) is 2.30. The lowest BCUT2D eigenvalue weighted by molar-refractivity contribution is -0.00102. The van der Waals surface area contributed by atoms with Crippen LogP contribution in [0.25, 0.3) is 0 Å². The van der Waals surface area contributed by atoms with Gasteiger partial charge in [-0.3, -0.25) is 0 Å². The van der Waals surface area contributed by atoms with Gasteiger partial charge in [0.15, 0.2) is 0 Å². The maximum absolute atomic E-state index is 13.3. The van der Waals surface area contributed by atoms with E-state index in [4.69, 9.17) is 4.74 Å². The summed E-state index contributed by atoms with van der Waals surface area (Å²) < 4.78 is 45.6. The standard InChI is InChI=1S/C15H20FNO3S/c16-13-5-3-4-12(10-13)11-17-14-6-1-2-7-15(14)20-8-9-21(17,18)19/h3-5,10,14-15H,1-2,6-9,11H2/t14-,15-/m0/s1. The summed E-state index contributed by atoms with van der Waals surface area (Å²) in [5.74, 6) is -0.328. The number of halogens is 1. The van der Waals surface area contributed by atoms with E-state index in [1.165, 1.54) is 12.1 Å². The van der Waals surface area contributed by atoms with Gasteiger partial charge in [-0.05, 0) is 30.5 Å². The Labute approximate surface area is 125 Å². The fourth-order valence-electron chi connectivity index (χ4n) is 3.26. The second-order valence-electron chi connectivity index (χ2n) is 5.75. The van der Waals surface area contributed by atoms with Crippen LogP contribution in [-0.4, -0.2) is 37.2 Å². The third kappa shape index (κ3) is 3.27. The average Bonchev–Trinajstić information content (AvgIpc) is 2.57. The van der Waals surface area contributed by atoms with Crippen molar-refractivity contribution in [2.24, 2.45) is 0 Å². The van der Waals surface area contributed by atoms with Gasteiger partial charge in [0, 0.05) is 6.54 Å². The fraction of sp³-hybridized carbons (Fsp3) is 0.600. The molecule has 116 valence electrons. The maximum atomic E-state index is 13.3. The third-order valence-corrected chi connectivity index (χ3v) is 6.09. The van der Waals surface area contributed by atoms with Crippen LogP contribution in [0.5, 0.6) is 0 Å². The Morgan fingerprint density at radius 1 is 1.29 bits per heavy atom. The summed E-state index contributed by atoms with van der Waals surface area (Å²) in [6.07, 6.45) is 3.79. The maximum Gasteiger partial charge on any atom is 0.217 e. The van der Waals surface area contributed by atoms with E-state index >= 15 is 0 Å². The van der Waals surface area contributed by atoms with E-state index in [1.807, 2.05) is 0 Å². The van der Waals surface area contributed by atoms with Crippen molar-refractivity contribution in [3.8, 4) is 0 Å². The van der Waals surface area contributed by atoms with Crippen LogP contribution < -0.4 is 0 Å². The molecule has 0 aromatic heterocycles. The normalized spacial score (nSPS) is 29.6. The zero-order valence-corrected chi connectivity index (χ0v) is 12.7. The van der Waals surface area contributed by atoms with Crippen LogP contribution in [0.3, 0.4) is 0 Å². The number of rotatable bonds is 2. The van der Waals surface area contributed by atoms with Crippen molar-refractivity contribution in [2.45, 2.75) is 44.4 Å². The molecule has 1 saturated heterocycles. The summed E-state index contributed by atoms with van der Waals surface area (Å²) in [5.41, 5.74) is 0.685. The van der Waals surface area contributed by atoms with Gasteiger partial charge in [-0.15, -0.1) is 0 Å². The van der Waals surface area contributed by atoms with Gasteiger partial charge in [-0.1, -0.05) is 25.0 Å². The Morgan fingerprint density at radius 3 is 2.90 bits per heavy atom. The Hall–Kier alpha value is -0.980. The van der Waals surface area contributed by atoms with Gasteiger partial charge in [-0.2, -0.15) is 4.31 Å². The molecule has 6 heteroatoms. The quantitative estimate of drug-likeness (QED) is 0.841. The summed E-state index contributed by atoms with van der Waals surface area (Å²) in [5, 5.41) is 0. The smallest absolute Gasteiger partial charge is 0.217 e. The molecule has 1 heterocycles. The van der Waals surface area contributed by atoms with Crippen molar-refractivity contribution in [1.82, 2.24) is 4.31 Å². The molecule has 2 aliphatic rings. The number of nitrogens with zero attached hydrogens (tertiary/aromatic N) is 1. The average molecular weight is 313 g/mol. The summed E-state index contributed by atoms with van der Waals surface area (Å²) >= 11 is 0. The molecule has 0 unspecified atom stereocenters. The number of hydrogen-bond acceptors (Lipinski definition) is 3. The van der Waals surface area contributed by atoms with Gasteiger partial charge in [-0.25, -0.2) is 12.8 Å². The molecule has 1 aliphatic carbocycles. The number of ether oxygens (including phenoxy) is 1. The Bertz CT molecular complexity index is 605. The number of hydrogen-bond donors (Lipinski definition) is 0. The molecular formula is C15H20FNO3S. The Kier molecular flexibility index (Phi) is 4.28. The summed E-state index contributed by atoms with van der Waals surface area (Å²) in [4.78, 5) is 0. The molecule has 21 heavy (non-hydrogen) atoms. The molecule has 1 aromatic rings. The largest absolute Gasteiger partial charge is 0.375 e.